The summed E-state index contributed by atoms with van der Waals surface area (Å²) in [6.07, 6.45) is -0.414. The Labute approximate surface area is 173 Å². The summed E-state index contributed by atoms with van der Waals surface area (Å²) in [6.45, 7) is 4.42. The maximum Gasteiger partial charge on any atom is 0.416 e. The summed E-state index contributed by atoms with van der Waals surface area (Å²) in [5, 5.41) is 0. The van der Waals surface area contributed by atoms with Crippen LogP contribution in [0.4, 0.5) is 13.2 Å². The van der Waals surface area contributed by atoms with E-state index in [2.05, 4.69) is 17.0 Å². The molecule has 2 aliphatic heterocycles. The number of piperazine rings is 1. The van der Waals surface area contributed by atoms with Crippen molar-refractivity contribution in [1.82, 2.24) is 9.80 Å². The summed E-state index contributed by atoms with van der Waals surface area (Å²) in [7, 11) is 0. The minimum Gasteiger partial charge on any atom is -0.493 e. The van der Waals surface area contributed by atoms with Crippen LogP contribution >= 0.6 is 0 Å². The van der Waals surface area contributed by atoms with E-state index < -0.39 is 11.7 Å². The van der Waals surface area contributed by atoms with Crippen LogP contribution in [0.2, 0.25) is 0 Å². The lowest BCUT2D eigenvalue weighted by molar-refractivity contribution is -0.137. The van der Waals surface area contributed by atoms with E-state index in [1.807, 2.05) is 6.07 Å². The molecule has 4 nitrogen and oxygen atoms in total. The predicted octanol–water partition coefficient (Wildman–Crippen LogP) is 4.00. The van der Waals surface area contributed by atoms with Gasteiger partial charge in [0.05, 0.1) is 12.2 Å². The van der Waals surface area contributed by atoms with Gasteiger partial charge in [0.25, 0.3) is 0 Å². The third-order valence-corrected chi connectivity index (χ3v) is 5.50. The molecule has 2 aromatic rings. The van der Waals surface area contributed by atoms with Gasteiger partial charge in [0, 0.05) is 45.2 Å². The van der Waals surface area contributed by atoms with E-state index in [-0.39, 0.29) is 5.91 Å². The van der Waals surface area contributed by atoms with Gasteiger partial charge in [-0.2, -0.15) is 13.2 Å². The number of carbonyl (C=O) groups excluding carboxylic acids is 1. The van der Waals surface area contributed by atoms with Crippen molar-refractivity contribution in [3.05, 3.63) is 70.8 Å². The molecule has 0 spiro atoms. The molecule has 0 atom stereocenters. The van der Waals surface area contributed by atoms with Gasteiger partial charge in [-0.3, -0.25) is 9.69 Å². The molecule has 0 aromatic heterocycles. The maximum absolute atomic E-state index is 12.6. The van der Waals surface area contributed by atoms with Crippen molar-refractivity contribution in [2.75, 3.05) is 32.8 Å². The highest BCUT2D eigenvalue weighted by Crippen LogP contribution is 2.29. The molecule has 0 N–H and O–H groups in total. The number of hydrogen-bond donors (Lipinski definition) is 0. The normalized spacial score (nSPS) is 17.2. The number of nitrogens with zero attached hydrogens (tertiary/aromatic N) is 2. The van der Waals surface area contributed by atoms with Crippen LogP contribution in [-0.2, 0) is 23.9 Å². The molecular formula is C23H23F3N2O2. The van der Waals surface area contributed by atoms with Gasteiger partial charge in [0.15, 0.2) is 0 Å². The van der Waals surface area contributed by atoms with Crippen molar-refractivity contribution in [1.29, 1.82) is 0 Å². The fourth-order valence-electron chi connectivity index (χ4n) is 3.78. The zero-order valence-electron chi connectivity index (χ0n) is 16.5. The molecule has 7 heteroatoms. The van der Waals surface area contributed by atoms with Crippen molar-refractivity contribution in [2.24, 2.45) is 0 Å². The Kier molecular flexibility index (Phi) is 5.81. The standard InChI is InChI=1S/C23H23F3N2O2/c24-23(25,26)20-5-1-17(2-6-20)4-8-22(29)28-12-10-27(11-13-28)16-18-3-7-21-19(15-18)9-14-30-21/h1-8,15H,9-14,16H2/b8-4+. The predicted molar refractivity (Wildman–Crippen MR) is 108 cm³/mol. The average molecular weight is 416 g/mol. The highest BCUT2D eigenvalue weighted by molar-refractivity contribution is 5.91. The number of benzene rings is 2. The first kappa shape index (κ1) is 20.5. The molecule has 4 rings (SSSR count). The summed E-state index contributed by atoms with van der Waals surface area (Å²) in [4.78, 5) is 16.5. The number of fused-ring (bicyclic) bond motifs is 1. The van der Waals surface area contributed by atoms with E-state index in [9.17, 15) is 18.0 Å². The van der Waals surface area contributed by atoms with Gasteiger partial charge < -0.3 is 9.64 Å². The van der Waals surface area contributed by atoms with Crippen LogP contribution < -0.4 is 4.74 Å². The Morgan fingerprint density at radius 2 is 1.77 bits per heavy atom. The Balaban J connectivity index is 1.27. The summed E-state index contributed by atoms with van der Waals surface area (Å²) in [6, 6.07) is 11.1. The lowest BCUT2D eigenvalue weighted by Crippen LogP contribution is -2.47. The molecule has 158 valence electrons. The van der Waals surface area contributed by atoms with Crippen LogP contribution in [0.3, 0.4) is 0 Å². The van der Waals surface area contributed by atoms with E-state index in [1.54, 1.807) is 11.0 Å². The Hall–Kier alpha value is -2.80. The molecule has 2 heterocycles. The zero-order chi connectivity index (χ0) is 21.1. The van der Waals surface area contributed by atoms with Crippen LogP contribution in [0, 0.1) is 0 Å². The second-order valence-corrected chi connectivity index (χ2v) is 7.60. The van der Waals surface area contributed by atoms with Gasteiger partial charge in [-0.25, -0.2) is 0 Å². The first-order valence-corrected chi connectivity index (χ1v) is 10.00. The summed E-state index contributed by atoms with van der Waals surface area (Å²) in [5.41, 5.74) is 2.38. The van der Waals surface area contributed by atoms with Crippen molar-refractivity contribution in [3.8, 4) is 5.75 Å². The number of amides is 1. The van der Waals surface area contributed by atoms with Crippen molar-refractivity contribution >= 4 is 12.0 Å². The highest BCUT2D eigenvalue weighted by atomic mass is 19.4. The number of alkyl halides is 3. The van der Waals surface area contributed by atoms with Crippen LogP contribution in [0.25, 0.3) is 6.08 Å². The van der Waals surface area contributed by atoms with Gasteiger partial charge >= 0.3 is 6.18 Å². The number of rotatable bonds is 4. The third-order valence-electron chi connectivity index (χ3n) is 5.50. The van der Waals surface area contributed by atoms with Gasteiger partial charge in [0.1, 0.15) is 5.75 Å². The Bertz CT molecular complexity index is 930. The molecule has 0 bridgehead atoms. The van der Waals surface area contributed by atoms with E-state index in [0.29, 0.717) is 18.7 Å². The largest absolute Gasteiger partial charge is 0.493 e. The quantitative estimate of drug-likeness (QED) is 0.707. The molecule has 1 fully saturated rings. The number of carbonyl (C=O) groups is 1. The van der Waals surface area contributed by atoms with Crippen molar-refractivity contribution in [3.63, 3.8) is 0 Å². The van der Waals surface area contributed by atoms with Crippen LogP contribution in [0.15, 0.2) is 48.5 Å². The molecular weight excluding hydrogens is 393 g/mol. The van der Waals surface area contributed by atoms with E-state index >= 15 is 0 Å². The summed E-state index contributed by atoms with van der Waals surface area (Å²) in [5.74, 6) is 0.859. The second kappa shape index (κ2) is 8.52. The SMILES string of the molecule is O=C(/C=C/c1ccc(C(F)(F)F)cc1)N1CCN(Cc2ccc3c(c2)CCO3)CC1. The van der Waals surface area contributed by atoms with Gasteiger partial charge in [0.2, 0.25) is 5.91 Å². The zero-order valence-corrected chi connectivity index (χ0v) is 16.5. The smallest absolute Gasteiger partial charge is 0.416 e. The summed E-state index contributed by atoms with van der Waals surface area (Å²) < 4.78 is 43.4. The minimum atomic E-state index is -4.36. The molecule has 2 aromatic carbocycles. The van der Waals surface area contributed by atoms with E-state index in [1.165, 1.54) is 29.3 Å². The first-order chi connectivity index (χ1) is 14.4. The third kappa shape index (κ3) is 4.84. The minimum absolute atomic E-state index is 0.121. The van der Waals surface area contributed by atoms with Gasteiger partial charge in [-0.1, -0.05) is 24.3 Å². The molecule has 0 saturated carbocycles. The van der Waals surface area contributed by atoms with Gasteiger partial charge in [-0.15, -0.1) is 0 Å². The first-order valence-electron chi connectivity index (χ1n) is 10.00. The maximum atomic E-state index is 12.6. The van der Waals surface area contributed by atoms with Crippen LogP contribution in [-0.4, -0.2) is 48.5 Å². The van der Waals surface area contributed by atoms with Crippen molar-refractivity contribution < 1.29 is 22.7 Å². The van der Waals surface area contributed by atoms with E-state index in [4.69, 9.17) is 4.74 Å². The molecule has 1 saturated heterocycles. The lowest BCUT2D eigenvalue weighted by atomic mass is 10.1. The molecule has 1 amide bonds. The highest BCUT2D eigenvalue weighted by Gasteiger charge is 2.29. The van der Waals surface area contributed by atoms with Crippen molar-refractivity contribution in [2.45, 2.75) is 19.1 Å². The topological polar surface area (TPSA) is 32.8 Å². The summed E-state index contributed by atoms with van der Waals surface area (Å²) >= 11 is 0. The molecule has 2 aliphatic rings. The lowest BCUT2D eigenvalue weighted by Gasteiger charge is -2.34. The fourth-order valence-corrected chi connectivity index (χ4v) is 3.78. The van der Waals surface area contributed by atoms with E-state index in [0.717, 1.165) is 50.5 Å². The Morgan fingerprint density at radius 3 is 2.47 bits per heavy atom. The van der Waals surface area contributed by atoms with Crippen LogP contribution in [0.1, 0.15) is 22.3 Å². The average Bonchev–Trinajstić information content (AvgIpc) is 3.20. The van der Waals surface area contributed by atoms with Gasteiger partial charge in [-0.05, 0) is 41.0 Å². The molecule has 30 heavy (non-hydrogen) atoms. The number of hydrogen-bond acceptors (Lipinski definition) is 3. The van der Waals surface area contributed by atoms with Crippen LogP contribution in [0.5, 0.6) is 5.75 Å². The molecule has 0 aliphatic carbocycles. The number of ether oxygens (including phenoxy) is 1. The second-order valence-electron chi connectivity index (χ2n) is 7.60. The monoisotopic (exact) mass is 416 g/mol. The molecule has 0 unspecified atom stereocenters. The molecule has 0 radical (unpaired) electrons. The number of halogens is 3. The Morgan fingerprint density at radius 1 is 1.03 bits per heavy atom. The fraction of sp³-hybridized carbons (Fsp3) is 0.348.